The smallest absolute Gasteiger partial charge is 0.233 e. The first-order valence-electron chi connectivity index (χ1n) is 6.36. The maximum absolute atomic E-state index is 12.1. The lowest BCUT2D eigenvalue weighted by Crippen LogP contribution is -2.18. The summed E-state index contributed by atoms with van der Waals surface area (Å²) < 4.78 is 27.7. The Kier molecular flexibility index (Phi) is 3.85. The van der Waals surface area contributed by atoms with Crippen molar-refractivity contribution in [1.82, 2.24) is 9.97 Å². The van der Waals surface area contributed by atoms with Crippen LogP contribution in [0.15, 0.2) is 48.1 Å². The maximum Gasteiger partial charge on any atom is 0.233 e. The summed E-state index contributed by atoms with van der Waals surface area (Å²) in [6, 6.07) is 10.8. The minimum absolute atomic E-state index is 0.00470. The van der Waals surface area contributed by atoms with Crippen molar-refractivity contribution in [2.75, 3.05) is 10.5 Å². The van der Waals surface area contributed by atoms with E-state index in [4.69, 9.17) is 0 Å². The Morgan fingerprint density at radius 2 is 2.05 bits per heavy atom. The van der Waals surface area contributed by atoms with Crippen LogP contribution >= 0.6 is 11.3 Å². The number of aromatic nitrogens is 2. The third-order valence-corrected chi connectivity index (χ3v) is 5.04. The number of pyridine rings is 1. The van der Waals surface area contributed by atoms with Crippen LogP contribution in [0.5, 0.6) is 0 Å². The molecule has 0 unspecified atom stereocenters. The summed E-state index contributed by atoms with van der Waals surface area (Å²) in [5.74, 6) is 0.00470. The lowest BCUT2D eigenvalue weighted by atomic mass is 10.3. The highest BCUT2D eigenvalue weighted by atomic mass is 32.2. The summed E-state index contributed by atoms with van der Waals surface area (Å²) in [7, 11) is -3.39. The summed E-state index contributed by atoms with van der Waals surface area (Å²) >= 11 is 1.48. The van der Waals surface area contributed by atoms with Crippen molar-refractivity contribution in [3.63, 3.8) is 0 Å². The molecule has 1 aromatic carbocycles. The second kappa shape index (κ2) is 5.79. The molecule has 0 amide bonds. The van der Waals surface area contributed by atoms with Crippen molar-refractivity contribution >= 4 is 37.3 Å². The number of nitrogens with one attached hydrogen (secondary N) is 1. The van der Waals surface area contributed by atoms with Gasteiger partial charge < -0.3 is 0 Å². The number of nitrogens with zero attached hydrogens (tertiary/aromatic N) is 2. The first-order valence-corrected chi connectivity index (χ1v) is 8.89. The van der Waals surface area contributed by atoms with E-state index in [0.29, 0.717) is 12.1 Å². The van der Waals surface area contributed by atoms with Gasteiger partial charge in [-0.15, -0.1) is 11.3 Å². The van der Waals surface area contributed by atoms with Gasteiger partial charge in [-0.3, -0.25) is 9.71 Å². The number of fused-ring (bicyclic) bond motifs is 1. The van der Waals surface area contributed by atoms with Gasteiger partial charge in [0.05, 0.1) is 27.2 Å². The number of aryl methyl sites for hydroxylation is 1. The van der Waals surface area contributed by atoms with Crippen LogP contribution in [0.2, 0.25) is 0 Å². The molecule has 2 heterocycles. The molecule has 0 aliphatic carbocycles. The molecule has 0 atom stereocenters. The maximum atomic E-state index is 12.1. The molecular formula is C14H13N3O2S2. The molecule has 108 valence electrons. The molecule has 3 rings (SSSR count). The van der Waals surface area contributed by atoms with E-state index in [9.17, 15) is 8.42 Å². The highest BCUT2D eigenvalue weighted by Gasteiger charge is 2.11. The van der Waals surface area contributed by atoms with Crippen LogP contribution in [0.3, 0.4) is 0 Å². The first-order chi connectivity index (χ1) is 10.1. The van der Waals surface area contributed by atoms with Crippen molar-refractivity contribution < 1.29 is 8.42 Å². The average molecular weight is 319 g/mol. The SMILES string of the molecule is O=S(=O)(CCc1ccccn1)Nc1ccc2ncsc2c1. The van der Waals surface area contributed by atoms with Crippen LogP contribution < -0.4 is 4.72 Å². The number of hydrogen-bond donors (Lipinski definition) is 1. The summed E-state index contributed by atoms with van der Waals surface area (Å²) in [5.41, 5.74) is 3.94. The van der Waals surface area contributed by atoms with Gasteiger partial charge in [0, 0.05) is 18.3 Å². The summed E-state index contributed by atoms with van der Waals surface area (Å²) in [6.07, 6.45) is 2.05. The van der Waals surface area contributed by atoms with Gasteiger partial charge in [0.2, 0.25) is 10.0 Å². The predicted octanol–water partition coefficient (Wildman–Crippen LogP) is 2.68. The minimum Gasteiger partial charge on any atom is -0.283 e. The van der Waals surface area contributed by atoms with Gasteiger partial charge in [-0.25, -0.2) is 13.4 Å². The summed E-state index contributed by atoms with van der Waals surface area (Å²) in [6.45, 7) is 0. The number of benzene rings is 1. The van der Waals surface area contributed by atoms with Gasteiger partial charge in [-0.2, -0.15) is 0 Å². The van der Waals surface area contributed by atoms with Gasteiger partial charge in [0.15, 0.2) is 0 Å². The molecule has 0 aliphatic heterocycles. The Morgan fingerprint density at radius 1 is 1.14 bits per heavy atom. The normalized spacial score (nSPS) is 11.6. The van der Waals surface area contributed by atoms with Crippen molar-refractivity contribution in [2.45, 2.75) is 6.42 Å². The summed E-state index contributed by atoms with van der Waals surface area (Å²) in [4.78, 5) is 8.29. The lowest BCUT2D eigenvalue weighted by Gasteiger charge is -2.07. The molecule has 21 heavy (non-hydrogen) atoms. The van der Waals surface area contributed by atoms with Crippen LogP contribution in [0.1, 0.15) is 5.69 Å². The zero-order valence-electron chi connectivity index (χ0n) is 11.1. The largest absolute Gasteiger partial charge is 0.283 e. The van der Waals surface area contributed by atoms with Gasteiger partial charge in [-0.05, 0) is 30.3 Å². The first kappa shape index (κ1) is 14.0. The molecular weight excluding hydrogens is 306 g/mol. The Morgan fingerprint density at radius 3 is 2.86 bits per heavy atom. The van der Waals surface area contributed by atoms with E-state index in [1.807, 2.05) is 18.2 Å². The Bertz CT molecular complexity index is 845. The standard InChI is InChI=1S/C14H13N3O2S2/c18-21(19,8-6-11-3-1-2-7-15-11)17-12-4-5-13-14(9-12)20-10-16-13/h1-5,7,9-10,17H,6,8H2. The number of sulfonamides is 1. The van der Waals surface area contributed by atoms with E-state index in [2.05, 4.69) is 14.7 Å². The molecule has 7 heteroatoms. The van der Waals surface area contributed by atoms with Crippen LogP contribution in [-0.4, -0.2) is 24.1 Å². The van der Waals surface area contributed by atoms with E-state index in [1.165, 1.54) is 11.3 Å². The zero-order chi connectivity index (χ0) is 14.7. The summed E-state index contributed by atoms with van der Waals surface area (Å²) in [5, 5.41) is 0. The highest BCUT2D eigenvalue weighted by Crippen LogP contribution is 2.22. The Hall–Kier alpha value is -1.99. The molecule has 0 saturated heterocycles. The van der Waals surface area contributed by atoms with E-state index in [0.717, 1.165) is 15.9 Å². The Labute approximate surface area is 126 Å². The van der Waals surface area contributed by atoms with Gasteiger partial charge in [0.25, 0.3) is 0 Å². The highest BCUT2D eigenvalue weighted by molar-refractivity contribution is 7.92. The molecule has 0 aliphatic rings. The topological polar surface area (TPSA) is 72.0 Å². The van der Waals surface area contributed by atoms with Crippen LogP contribution in [0.25, 0.3) is 10.2 Å². The van der Waals surface area contributed by atoms with Crippen LogP contribution in [-0.2, 0) is 16.4 Å². The number of rotatable bonds is 5. The molecule has 0 spiro atoms. The van der Waals surface area contributed by atoms with E-state index in [-0.39, 0.29) is 5.75 Å². The molecule has 1 N–H and O–H groups in total. The van der Waals surface area contributed by atoms with Gasteiger partial charge >= 0.3 is 0 Å². The van der Waals surface area contributed by atoms with Gasteiger partial charge in [-0.1, -0.05) is 6.07 Å². The van der Waals surface area contributed by atoms with E-state index < -0.39 is 10.0 Å². The van der Waals surface area contributed by atoms with Gasteiger partial charge in [0.1, 0.15) is 0 Å². The molecule has 0 saturated carbocycles. The fourth-order valence-electron chi connectivity index (χ4n) is 1.93. The van der Waals surface area contributed by atoms with E-state index in [1.54, 1.807) is 29.9 Å². The number of anilines is 1. The molecule has 0 fully saturated rings. The quantitative estimate of drug-likeness (QED) is 0.785. The fourth-order valence-corrected chi connectivity index (χ4v) is 3.72. The lowest BCUT2D eigenvalue weighted by molar-refractivity contribution is 0.600. The molecule has 5 nitrogen and oxygen atoms in total. The van der Waals surface area contributed by atoms with Crippen molar-refractivity contribution in [2.24, 2.45) is 0 Å². The second-order valence-electron chi connectivity index (χ2n) is 4.53. The fraction of sp³-hybridized carbons (Fsp3) is 0.143. The van der Waals surface area contributed by atoms with Crippen LogP contribution in [0.4, 0.5) is 5.69 Å². The predicted molar refractivity (Wildman–Crippen MR) is 85.0 cm³/mol. The monoisotopic (exact) mass is 319 g/mol. The third-order valence-electron chi connectivity index (χ3n) is 2.96. The molecule has 3 aromatic rings. The van der Waals surface area contributed by atoms with Crippen molar-refractivity contribution in [1.29, 1.82) is 0 Å². The van der Waals surface area contributed by atoms with Crippen molar-refractivity contribution in [3.8, 4) is 0 Å². The van der Waals surface area contributed by atoms with Crippen molar-refractivity contribution in [3.05, 3.63) is 53.8 Å². The molecule has 2 aromatic heterocycles. The third kappa shape index (κ3) is 3.56. The van der Waals surface area contributed by atoms with E-state index >= 15 is 0 Å². The van der Waals surface area contributed by atoms with Crippen LogP contribution in [0, 0.1) is 0 Å². The second-order valence-corrected chi connectivity index (χ2v) is 7.26. The Balaban J connectivity index is 1.70. The molecule has 0 radical (unpaired) electrons. The zero-order valence-corrected chi connectivity index (χ0v) is 12.7. The number of hydrogen-bond acceptors (Lipinski definition) is 5. The number of thiazole rings is 1. The molecule has 0 bridgehead atoms. The average Bonchev–Trinajstić information content (AvgIpc) is 2.93. The minimum atomic E-state index is -3.39.